The Morgan fingerprint density at radius 3 is 2.11 bits per heavy atom. The fourth-order valence-corrected chi connectivity index (χ4v) is 1.83. The first kappa shape index (κ1) is 12.2. The molecule has 0 saturated heterocycles. The Morgan fingerprint density at radius 1 is 0.833 bits per heavy atom. The summed E-state index contributed by atoms with van der Waals surface area (Å²) >= 11 is 0. The molecule has 0 unspecified atom stereocenters. The number of hydrogen-bond acceptors (Lipinski definition) is 2. The molecule has 0 radical (unpaired) electrons. The number of ether oxygens (including phenoxy) is 2. The van der Waals surface area contributed by atoms with Gasteiger partial charge in [0.15, 0.2) is 11.5 Å². The molecule has 2 heteroatoms. The largest absolute Gasteiger partial charge is 0.493 e. The van der Waals surface area contributed by atoms with Crippen molar-refractivity contribution in [3.8, 4) is 11.5 Å². The van der Waals surface area contributed by atoms with Crippen molar-refractivity contribution in [3.05, 3.63) is 66.2 Å². The maximum atomic E-state index is 5.30. The zero-order valence-corrected chi connectivity index (χ0v) is 10.6. The van der Waals surface area contributed by atoms with Crippen LogP contribution in [0, 0.1) is 0 Å². The van der Waals surface area contributed by atoms with Crippen LogP contribution in [0.2, 0.25) is 0 Å². The van der Waals surface area contributed by atoms with Gasteiger partial charge in [-0.2, -0.15) is 0 Å². The molecule has 92 valence electrons. The summed E-state index contributed by atoms with van der Waals surface area (Å²) in [6, 6.07) is 15.9. The van der Waals surface area contributed by atoms with Crippen molar-refractivity contribution < 1.29 is 9.47 Å². The van der Waals surface area contributed by atoms with E-state index in [1.54, 1.807) is 14.2 Å². The van der Waals surface area contributed by atoms with Crippen molar-refractivity contribution >= 4 is 5.57 Å². The van der Waals surface area contributed by atoms with Gasteiger partial charge in [-0.05, 0) is 28.8 Å². The topological polar surface area (TPSA) is 18.5 Å². The number of rotatable bonds is 4. The SMILES string of the molecule is C=C(c1ccccc1)c1ccc(OC)c(OC)c1. The lowest BCUT2D eigenvalue weighted by molar-refractivity contribution is 0.355. The van der Waals surface area contributed by atoms with Crippen LogP contribution >= 0.6 is 0 Å². The number of benzene rings is 2. The van der Waals surface area contributed by atoms with Crippen molar-refractivity contribution in [3.63, 3.8) is 0 Å². The zero-order valence-electron chi connectivity index (χ0n) is 10.6. The molecule has 2 aromatic carbocycles. The van der Waals surface area contributed by atoms with Crippen LogP contribution in [-0.2, 0) is 0 Å². The zero-order chi connectivity index (χ0) is 13.0. The Hall–Kier alpha value is -2.22. The van der Waals surface area contributed by atoms with Gasteiger partial charge in [-0.3, -0.25) is 0 Å². The Bertz CT molecular complexity index is 544. The fourth-order valence-electron chi connectivity index (χ4n) is 1.83. The van der Waals surface area contributed by atoms with Crippen molar-refractivity contribution in [1.29, 1.82) is 0 Å². The van der Waals surface area contributed by atoms with Gasteiger partial charge >= 0.3 is 0 Å². The first-order chi connectivity index (χ1) is 8.76. The highest BCUT2D eigenvalue weighted by molar-refractivity contribution is 5.79. The summed E-state index contributed by atoms with van der Waals surface area (Å²) in [5.74, 6) is 1.44. The molecular formula is C16H16O2. The first-order valence-corrected chi connectivity index (χ1v) is 5.73. The van der Waals surface area contributed by atoms with Crippen LogP contribution < -0.4 is 9.47 Å². The third-order valence-corrected chi connectivity index (χ3v) is 2.85. The van der Waals surface area contributed by atoms with Gasteiger partial charge in [-0.25, -0.2) is 0 Å². The second kappa shape index (κ2) is 5.41. The van der Waals surface area contributed by atoms with Gasteiger partial charge in [0.25, 0.3) is 0 Å². The minimum Gasteiger partial charge on any atom is -0.493 e. The Kier molecular flexibility index (Phi) is 3.68. The van der Waals surface area contributed by atoms with Gasteiger partial charge in [0.05, 0.1) is 14.2 Å². The average molecular weight is 240 g/mol. The molecule has 2 nitrogen and oxygen atoms in total. The molecule has 0 aromatic heterocycles. The van der Waals surface area contributed by atoms with E-state index in [0.29, 0.717) is 5.75 Å². The summed E-state index contributed by atoms with van der Waals surface area (Å²) in [7, 11) is 3.26. The van der Waals surface area contributed by atoms with Gasteiger partial charge in [-0.15, -0.1) is 0 Å². The Morgan fingerprint density at radius 2 is 1.50 bits per heavy atom. The predicted molar refractivity (Wildman–Crippen MR) is 74.1 cm³/mol. The van der Waals surface area contributed by atoms with Gasteiger partial charge in [-0.1, -0.05) is 43.0 Å². The summed E-state index contributed by atoms with van der Waals surface area (Å²) in [5, 5.41) is 0. The third-order valence-electron chi connectivity index (χ3n) is 2.85. The van der Waals surface area contributed by atoms with Crippen molar-refractivity contribution in [1.82, 2.24) is 0 Å². The highest BCUT2D eigenvalue weighted by Crippen LogP contribution is 2.31. The average Bonchev–Trinajstić information content (AvgIpc) is 2.46. The fraction of sp³-hybridized carbons (Fsp3) is 0.125. The standard InChI is InChI=1S/C16H16O2/c1-12(13-7-5-4-6-8-13)14-9-10-15(17-2)16(11-14)18-3/h4-11H,1H2,2-3H3. The van der Waals surface area contributed by atoms with Crippen LogP contribution in [-0.4, -0.2) is 14.2 Å². The van der Waals surface area contributed by atoms with Crippen molar-refractivity contribution in [2.75, 3.05) is 14.2 Å². The molecule has 2 rings (SSSR count). The monoisotopic (exact) mass is 240 g/mol. The second-order valence-electron chi connectivity index (χ2n) is 3.91. The van der Waals surface area contributed by atoms with Crippen molar-refractivity contribution in [2.24, 2.45) is 0 Å². The van der Waals surface area contributed by atoms with Gasteiger partial charge in [0, 0.05) is 0 Å². The molecule has 0 aliphatic carbocycles. The molecule has 0 aliphatic rings. The highest BCUT2D eigenvalue weighted by atomic mass is 16.5. The quantitative estimate of drug-likeness (QED) is 0.810. The predicted octanol–water partition coefficient (Wildman–Crippen LogP) is 3.77. The molecule has 0 atom stereocenters. The van der Waals surface area contributed by atoms with Crippen LogP contribution in [0.3, 0.4) is 0 Å². The summed E-state index contributed by atoms with van der Waals surface area (Å²) in [6.07, 6.45) is 0. The summed E-state index contributed by atoms with van der Waals surface area (Å²) < 4.78 is 10.5. The van der Waals surface area contributed by atoms with Crippen LogP contribution in [0.5, 0.6) is 11.5 Å². The maximum Gasteiger partial charge on any atom is 0.161 e. The molecule has 0 saturated carbocycles. The second-order valence-corrected chi connectivity index (χ2v) is 3.91. The van der Waals surface area contributed by atoms with E-state index >= 15 is 0 Å². The summed E-state index contributed by atoms with van der Waals surface area (Å²) in [5.41, 5.74) is 3.10. The van der Waals surface area contributed by atoms with Crippen LogP contribution in [0.1, 0.15) is 11.1 Å². The van der Waals surface area contributed by atoms with E-state index in [4.69, 9.17) is 9.47 Å². The molecule has 0 N–H and O–H groups in total. The number of hydrogen-bond donors (Lipinski definition) is 0. The lowest BCUT2D eigenvalue weighted by Gasteiger charge is -2.11. The minimum absolute atomic E-state index is 0.715. The van der Waals surface area contributed by atoms with E-state index in [0.717, 1.165) is 22.4 Å². The smallest absolute Gasteiger partial charge is 0.161 e. The van der Waals surface area contributed by atoms with Crippen LogP contribution in [0.25, 0.3) is 5.57 Å². The maximum absolute atomic E-state index is 5.30. The molecule has 18 heavy (non-hydrogen) atoms. The molecule has 0 bridgehead atoms. The van der Waals surface area contributed by atoms with E-state index in [2.05, 4.69) is 6.58 Å². The van der Waals surface area contributed by atoms with E-state index in [1.165, 1.54) is 0 Å². The van der Waals surface area contributed by atoms with Crippen LogP contribution in [0.4, 0.5) is 0 Å². The first-order valence-electron chi connectivity index (χ1n) is 5.73. The minimum atomic E-state index is 0.715. The Balaban J connectivity index is 2.37. The van der Waals surface area contributed by atoms with Gasteiger partial charge < -0.3 is 9.47 Å². The van der Waals surface area contributed by atoms with Gasteiger partial charge in [0.1, 0.15) is 0 Å². The molecule has 0 aliphatic heterocycles. The summed E-state index contributed by atoms with van der Waals surface area (Å²) in [6.45, 7) is 4.13. The highest BCUT2D eigenvalue weighted by Gasteiger charge is 2.07. The normalized spacial score (nSPS) is 9.89. The van der Waals surface area contributed by atoms with E-state index < -0.39 is 0 Å². The molecule has 0 fully saturated rings. The molecule has 0 spiro atoms. The van der Waals surface area contributed by atoms with E-state index in [-0.39, 0.29) is 0 Å². The molecular weight excluding hydrogens is 224 g/mol. The molecule has 0 amide bonds. The lowest BCUT2D eigenvalue weighted by atomic mass is 9.99. The van der Waals surface area contributed by atoms with E-state index in [9.17, 15) is 0 Å². The van der Waals surface area contributed by atoms with Crippen LogP contribution in [0.15, 0.2) is 55.1 Å². The van der Waals surface area contributed by atoms with Gasteiger partial charge in [0.2, 0.25) is 0 Å². The summed E-state index contributed by atoms with van der Waals surface area (Å²) in [4.78, 5) is 0. The van der Waals surface area contributed by atoms with E-state index in [1.807, 2.05) is 48.5 Å². The third kappa shape index (κ3) is 2.38. The Labute approximate surface area is 107 Å². The number of methoxy groups -OCH3 is 2. The van der Waals surface area contributed by atoms with Crippen molar-refractivity contribution in [2.45, 2.75) is 0 Å². The molecule has 0 heterocycles. The molecule has 2 aromatic rings. The lowest BCUT2D eigenvalue weighted by Crippen LogP contribution is -1.92.